The Labute approximate surface area is 146 Å². The van der Waals surface area contributed by atoms with Gasteiger partial charge in [-0.3, -0.25) is 4.98 Å². The molecule has 5 heteroatoms. The first-order valence-electron chi connectivity index (χ1n) is 8.01. The summed E-state index contributed by atoms with van der Waals surface area (Å²) < 4.78 is 5.17. The number of hydrogen-bond acceptors (Lipinski definition) is 4. The number of fused-ring (bicyclic) bond motifs is 1. The second-order valence-electron chi connectivity index (χ2n) is 5.92. The van der Waals surface area contributed by atoms with E-state index in [0.717, 1.165) is 27.8 Å². The van der Waals surface area contributed by atoms with E-state index in [0.29, 0.717) is 17.9 Å². The Hall–Kier alpha value is -3.08. The fraction of sp³-hybridized carbons (Fsp3) is 0.200. The van der Waals surface area contributed by atoms with Crippen molar-refractivity contribution in [3.05, 3.63) is 64.8 Å². The van der Waals surface area contributed by atoms with Gasteiger partial charge in [0, 0.05) is 11.9 Å². The van der Waals surface area contributed by atoms with E-state index in [1.807, 2.05) is 49.4 Å². The smallest absolute Gasteiger partial charge is 0.339 e. The van der Waals surface area contributed by atoms with Crippen molar-refractivity contribution in [2.24, 2.45) is 0 Å². The molecule has 0 atom stereocenters. The molecule has 0 aliphatic carbocycles. The van der Waals surface area contributed by atoms with Crippen molar-refractivity contribution in [2.75, 3.05) is 12.4 Å². The van der Waals surface area contributed by atoms with E-state index >= 15 is 0 Å². The number of pyridine rings is 1. The summed E-state index contributed by atoms with van der Waals surface area (Å²) in [7, 11) is 1.63. The van der Waals surface area contributed by atoms with Crippen molar-refractivity contribution in [3.8, 4) is 5.75 Å². The molecule has 0 fully saturated rings. The molecule has 0 saturated carbocycles. The van der Waals surface area contributed by atoms with Gasteiger partial charge >= 0.3 is 5.97 Å². The van der Waals surface area contributed by atoms with Crippen LogP contribution in [0.3, 0.4) is 0 Å². The zero-order chi connectivity index (χ0) is 18.0. The number of methoxy groups -OCH3 is 1. The largest absolute Gasteiger partial charge is 0.497 e. The second-order valence-corrected chi connectivity index (χ2v) is 5.92. The summed E-state index contributed by atoms with van der Waals surface area (Å²) >= 11 is 0. The highest BCUT2D eigenvalue weighted by molar-refractivity contribution is 6.06. The van der Waals surface area contributed by atoms with Gasteiger partial charge in [-0.2, -0.15) is 0 Å². The number of aromatic nitrogens is 1. The molecule has 5 nitrogen and oxygen atoms in total. The average molecular weight is 336 g/mol. The van der Waals surface area contributed by atoms with Crippen LogP contribution in [0.4, 0.5) is 5.69 Å². The predicted molar refractivity (Wildman–Crippen MR) is 98.5 cm³/mol. The van der Waals surface area contributed by atoms with Crippen LogP contribution in [0.25, 0.3) is 10.9 Å². The van der Waals surface area contributed by atoms with Crippen molar-refractivity contribution in [1.29, 1.82) is 0 Å². The maximum atomic E-state index is 11.8. The van der Waals surface area contributed by atoms with E-state index in [4.69, 9.17) is 4.74 Å². The summed E-state index contributed by atoms with van der Waals surface area (Å²) in [5.74, 6) is -0.191. The summed E-state index contributed by atoms with van der Waals surface area (Å²) in [6.07, 6.45) is 0. The molecule has 0 spiro atoms. The third-order valence-corrected chi connectivity index (χ3v) is 4.24. The molecule has 2 N–H and O–H groups in total. The first-order chi connectivity index (χ1) is 12.0. The first-order valence-corrected chi connectivity index (χ1v) is 8.01. The van der Waals surface area contributed by atoms with Gasteiger partial charge in [-0.1, -0.05) is 24.3 Å². The summed E-state index contributed by atoms with van der Waals surface area (Å²) in [6.45, 7) is 4.20. The number of nitrogens with zero attached hydrogens (tertiary/aromatic N) is 1. The maximum absolute atomic E-state index is 11.8. The molecule has 0 radical (unpaired) electrons. The van der Waals surface area contributed by atoms with E-state index in [1.165, 1.54) is 0 Å². The highest BCUT2D eigenvalue weighted by Gasteiger charge is 2.19. The van der Waals surface area contributed by atoms with Gasteiger partial charge in [0.2, 0.25) is 0 Å². The lowest BCUT2D eigenvalue weighted by atomic mass is 10.0. The molecule has 128 valence electrons. The number of carbonyl (C=O) groups is 1. The molecular weight excluding hydrogens is 316 g/mol. The second kappa shape index (κ2) is 6.81. The number of carboxylic acids is 1. The van der Waals surface area contributed by atoms with Crippen LogP contribution in [0.5, 0.6) is 5.75 Å². The van der Waals surface area contributed by atoms with Crippen LogP contribution >= 0.6 is 0 Å². The van der Waals surface area contributed by atoms with Crippen LogP contribution in [-0.4, -0.2) is 23.2 Å². The number of hydrogen-bond donors (Lipinski definition) is 2. The van der Waals surface area contributed by atoms with E-state index in [-0.39, 0.29) is 5.56 Å². The molecule has 0 bridgehead atoms. The zero-order valence-corrected chi connectivity index (χ0v) is 14.5. The van der Waals surface area contributed by atoms with Crippen molar-refractivity contribution >= 4 is 22.6 Å². The van der Waals surface area contributed by atoms with E-state index < -0.39 is 5.97 Å². The van der Waals surface area contributed by atoms with Gasteiger partial charge in [0.05, 0.1) is 24.0 Å². The molecule has 3 rings (SSSR count). The number of aromatic carboxylic acids is 1. The van der Waals surface area contributed by atoms with Crippen LogP contribution in [-0.2, 0) is 6.54 Å². The number of rotatable bonds is 5. The molecule has 3 aromatic rings. The van der Waals surface area contributed by atoms with Crippen molar-refractivity contribution in [1.82, 2.24) is 4.98 Å². The standard InChI is InChI=1S/C20H20N2O3/c1-12-5-4-6-16-17(12)19(18(20(23)24)13(2)22-16)21-11-14-7-9-15(25-3)10-8-14/h4-10H,11H2,1-3H3,(H,21,22)(H,23,24). The molecule has 1 heterocycles. The number of carboxylic acid groups (broad SMARTS) is 1. The number of nitrogens with one attached hydrogen (secondary N) is 1. The lowest BCUT2D eigenvalue weighted by Gasteiger charge is -2.16. The molecule has 0 aliphatic heterocycles. The van der Waals surface area contributed by atoms with E-state index in [9.17, 15) is 9.90 Å². The van der Waals surface area contributed by atoms with Crippen LogP contribution in [0, 0.1) is 13.8 Å². The summed E-state index contributed by atoms with van der Waals surface area (Å²) in [6, 6.07) is 13.5. The van der Waals surface area contributed by atoms with Gasteiger partial charge in [0.25, 0.3) is 0 Å². The molecule has 1 aromatic heterocycles. The van der Waals surface area contributed by atoms with Gasteiger partial charge in [-0.05, 0) is 43.2 Å². The van der Waals surface area contributed by atoms with Crippen LogP contribution in [0.1, 0.15) is 27.2 Å². The quantitative estimate of drug-likeness (QED) is 0.731. The van der Waals surface area contributed by atoms with Crippen LogP contribution < -0.4 is 10.1 Å². The van der Waals surface area contributed by atoms with Gasteiger partial charge in [-0.25, -0.2) is 4.79 Å². The van der Waals surface area contributed by atoms with E-state index in [1.54, 1.807) is 14.0 Å². The fourth-order valence-electron chi connectivity index (χ4n) is 2.99. The Morgan fingerprint density at radius 2 is 1.88 bits per heavy atom. The van der Waals surface area contributed by atoms with Crippen LogP contribution in [0.2, 0.25) is 0 Å². The van der Waals surface area contributed by atoms with Gasteiger partial charge in [-0.15, -0.1) is 0 Å². The lowest BCUT2D eigenvalue weighted by Crippen LogP contribution is -2.11. The minimum Gasteiger partial charge on any atom is -0.497 e. The van der Waals surface area contributed by atoms with Gasteiger partial charge < -0.3 is 15.2 Å². The predicted octanol–water partition coefficient (Wildman–Crippen LogP) is 4.17. The first kappa shape index (κ1) is 16.8. The molecule has 25 heavy (non-hydrogen) atoms. The normalized spacial score (nSPS) is 10.7. The highest BCUT2D eigenvalue weighted by atomic mass is 16.5. The van der Waals surface area contributed by atoms with Crippen molar-refractivity contribution < 1.29 is 14.6 Å². The molecule has 0 saturated heterocycles. The van der Waals surface area contributed by atoms with Gasteiger partial charge in [0.1, 0.15) is 11.3 Å². The minimum absolute atomic E-state index is 0.218. The summed E-state index contributed by atoms with van der Waals surface area (Å²) in [5, 5.41) is 13.8. The minimum atomic E-state index is -0.979. The molecular formula is C20H20N2O3. The Balaban J connectivity index is 2.06. The molecule has 0 unspecified atom stereocenters. The SMILES string of the molecule is COc1ccc(CNc2c(C(=O)O)c(C)nc3cccc(C)c23)cc1. The topological polar surface area (TPSA) is 71.5 Å². The summed E-state index contributed by atoms with van der Waals surface area (Å²) in [4.78, 5) is 16.3. The number of ether oxygens (including phenoxy) is 1. The average Bonchev–Trinajstić information content (AvgIpc) is 2.59. The Morgan fingerprint density at radius 3 is 2.52 bits per heavy atom. The Kier molecular flexibility index (Phi) is 4.57. The zero-order valence-electron chi connectivity index (χ0n) is 14.5. The van der Waals surface area contributed by atoms with Crippen molar-refractivity contribution in [3.63, 3.8) is 0 Å². The van der Waals surface area contributed by atoms with Crippen molar-refractivity contribution in [2.45, 2.75) is 20.4 Å². The number of benzene rings is 2. The Morgan fingerprint density at radius 1 is 1.16 bits per heavy atom. The van der Waals surface area contributed by atoms with E-state index in [2.05, 4.69) is 10.3 Å². The fourth-order valence-corrected chi connectivity index (χ4v) is 2.99. The third-order valence-electron chi connectivity index (χ3n) is 4.24. The highest BCUT2D eigenvalue weighted by Crippen LogP contribution is 2.31. The molecule has 0 amide bonds. The molecule has 0 aliphatic rings. The Bertz CT molecular complexity index is 934. The lowest BCUT2D eigenvalue weighted by molar-refractivity contribution is 0.0697. The number of aryl methyl sites for hydroxylation is 2. The van der Waals surface area contributed by atoms with Gasteiger partial charge in [0.15, 0.2) is 0 Å². The molecule has 2 aromatic carbocycles. The maximum Gasteiger partial charge on any atom is 0.339 e. The third kappa shape index (κ3) is 3.26. The monoisotopic (exact) mass is 336 g/mol. The van der Waals surface area contributed by atoms with Crippen LogP contribution in [0.15, 0.2) is 42.5 Å². The summed E-state index contributed by atoms with van der Waals surface area (Å²) in [5.41, 5.74) is 4.15. The number of anilines is 1.